The predicted octanol–water partition coefficient (Wildman–Crippen LogP) is 3.37. The second kappa shape index (κ2) is 7.42. The van der Waals surface area contributed by atoms with Gasteiger partial charge in [0, 0.05) is 0 Å². The molecule has 0 fully saturated rings. The highest BCUT2D eigenvalue weighted by Crippen LogP contribution is 2.22. The number of fused-ring (bicyclic) bond motifs is 1. The monoisotopic (exact) mass is 332 g/mol. The zero-order valence-corrected chi connectivity index (χ0v) is 13.9. The molecule has 23 heavy (non-hydrogen) atoms. The van der Waals surface area contributed by atoms with Crippen molar-refractivity contribution in [2.75, 3.05) is 12.4 Å². The van der Waals surface area contributed by atoms with E-state index >= 15 is 0 Å². The summed E-state index contributed by atoms with van der Waals surface area (Å²) in [6, 6.07) is 12.5. The van der Waals surface area contributed by atoms with Crippen LogP contribution in [0.5, 0.6) is 0 Å². The van der Waals surface area contributed by atoms with Crippen molar-refractivity contribution < 1.29 is 17.9 Å². The standard InChI is InChI=1S/C18H20O4S/c1-3-7-16(18(19)22-4-2)13-23(20,21)17-11-10-14-8-5-6-9-15(14)12-17/h3,5-6,8-12,16H,1,4,7,13H2,2H3/t16-/m0/s1. The third-order valence-corrected chi connectivity index (χ3v) is 5.39. The molecule has 2 aromatic rings. The number of allylic oxidation sites excluding steroid dienone is 1. The van der Waals surface area contributed by atoms with Crippen LogP contribution in [0.3, 0.4) is 0 Å². The minimum absolute atomic E-state index is 0.217. The molecule has 0 amide bonds. The number of carbonyl (C=O) groups is 1. The maximum atomic E-state index is 12.6. The highest BCUT2D eigenvalue weighted by Gasteiger charge is 2.27. The van der Waals surface area contributed by atoms with E-state index in [1.807, 2.05) is 24.3 Å². The van der Waals surface area contributed by atoms with Gasteiger partial charge in [-0.05, 0) is 36.2 Å². The fraction of sp³-hybridized carbons (Fsp3) is 0.278. The predicted molar refractivity (Wildman–Crippen MR) is 90.9 cm³/mol. The van der Waals surface area contributed by atoms with Crippen molar-refractivity contribution in [1.29, 1.82) is 0 Å². The maximum absolute atomic E-state index is 12.6. The molecule has 0 unspecified atom stereocenters. The van der Waals surface area contributed by atoms with Crippen LogP contribution in [0, 0.1) is 5.92 Å². The molecule has 0 N–H and O–H groups in total. The quantitative estimate of drug-likeness (QED) is 0.576. The molecule has 0 bridgehead atoms. The Labute approximate surface area is 136 Å². The highest BCUT2D eigenvalue weighted by molar-refractivity contribution is 7.91. The van der Waals surface area contributed by atoms with Crippen molar-refractivity contribution >= 4 is 26.6 Å². The molecule has 4 nitrogen and oxygen atoms in total. The molecule has 1 atom stereocenters. The summed E-state index contributed by atoms with van der Waals surface area (Å²) in [6.45, 7) is 5.50. The van der Waals surface area contributed by atoms with E-state index in [0.29, 0.717) is 0 Å². The lowest BCUT2D eigenvalue weighted by atomic mass is 10.1. The third kappa shape index (κ3) is 4.20. The van der Waals surface area contributed by atoms with Crippen molar-refractivity contribution in [1.82, 2.24) is 0 Å². The Morgan fingerprint density at radius 3 is 2.57 bits per heavy atom. The first-order valence-corrected chi connectivity index (χ1v) is 9.12. The van der Waals surface area contributed by atoms with Gasteiger partial charge in [0.05, 0.1) is 23.2 Å². The number of esters is 1. The maximum Gasteiger partial charge on any atom is 0.310 e. The minimum Gasteiger partial charge on any atom is -0.466 e. The Morgan fingerprint density at radius 2 is 1.91 bits per heavy atom. The first kappa shape index (κ1) is 17.2. The van der Waals surface area contributed by atoms with E-state index in [1.165, 1.54) is 6.08 Å². The van der Waals surface area contributed by atoms with Crippen molar-refractivity contribution in [3.63, 3.8) is 0 Å². The summed E-state index contributed by atoms with van der Waals surface area (Å²) in [5.41, 5.74) is 0. The van der Waals surface area contributed by atoms with Crippen LogP contribution < -0.4 is 0 Å². The van der Waals surface area contributed by atoms with Crippen LogP contribution in [0.15, 0.2) is 60.0 Å². The van der Waals surface area contributed by atoms with E-state index in [1.54, 1.807) is 25.1 Å². The Bertz CT molecular complexity index is 809. The first-order valence-electron chi connectivity index (χ1n) is 7.47. The number of hydrogen-bond acceptors (Lipinski definition) is 4. The van der Waals surface area contributed by atoms with E-state index < -0.39 is 21.7 Å². The van der Waals surface area contributed by atoms with Gasteiger partial charge in [0.2, 0.25) is 0 Å². The largest absolute Gasteiger partial charge is 0.466 e. The van der Waals surface area contributed by atoms with Crippen LogP contribution in [-0.2, 0) is 19.4 Å². The van der Waals surface area contributed by atoms with Gasteiger partial charge in [-0.2, -0.15) is 0 Å². The smallest absolute Gasteiger partial charge is 0.310 e. The van der Waals surface area contributed by atoms with E-state index in [9.17, 15) is 13.2 Å². The summed E-state index contributed by atoms with van der Waals surface area (Å²) in [5.74, 6) is -1.52. The van der Waals surface area contributed by atoms with Gasteiger partial charge in [0.1, 0.15) is 0 Å². The number of rotatable bonds is 7. The molecule has 0 saturated carbocycles. The summed E-state index contributed by atoms with van der Waals surface area (Å²) in [7, 11) is -3.59. The van der Waals surface area contributed by atoms with E-state index in [2.05, 4.69) is 6.58 Å². The summed E-state index contributed by atoms with van der Waals surface area (Å²) >= 11 is 0. The number of benzene rings is 2. The average molecular weight is 332 g/mol. The summed E-state index contributed by atoms with van der Waals surface area (Å²) in [4.78, 5) is 12.1. The molecular formula is C18H20O4S. The number of ether oxygens (including phenoxy) is 1. The van der Waals surface area contributed by atoms with Crippen molar-refractivity contribution in [3.8, 4) is 0 Å². The average Bonchev–Trinajstić information content (AvgIpc) is 2.54. The lowest BCUT2D eigenvalue weighted by molar-refractivity contribution is -0.147. The Hall–Kier alpha value is -2.14. The highest BCUT2D eigenvalue weighted by atomic mass is 32.2. The van der Waals surface area contributed by atoms with Gasteiger partial charge < -0.3 is 4.74 Å². The van der Waals surface area contributed by atoms with Crippen molar-refractivity contribution in [3.05, 3.63) is 55.1 Å². The zero-order valence-electron chi connectivity index (χ0n) is 13.1. The topological polar surface area (TPSA) is 60.4 Å². The molecule has 0 spiro atoms. The van der Waals surface area contributed by atoms with E-state index in [4.69, 9.17) is 4.74 Å². The molecule has 0 aliphatic rings. The molecule has 0 aliphatic carbocycles. The number of sulfone groups is 1. The van der Waals surface area contributed by atoms with E-state index in [-0.39, 0.29) is 23.7 Å². The molecule has 2 aromatic carbocycles. The summed E-state index contributed by atoms with van der Waals surface area (Å²) in [6.07, 6.45) is 1.81. The normalized spacial score (nSPS) is 12.7. The Balaban J connectivity index is 2.30. The fourth-order valence-corrected chi connectivity index (χ4v) is 3.99. The fourth-order valence-electron chi connectivity index (χ4n) is 2.42. The van der Waals surface area contributed by atoms with Gasteiger partial charge in [-0.3, -0.25) is 4.79 Å². The van der Waals surface area contributed by atoms with Crippen LogP contribution in [0.4, 0.5) is 0 Å². The van der Waals surface area contributed by atoms with Crippen LogP contribution in [0.2, 0.25) is 0 Å². The van der Waals surface area contributed by atoms with Crippen LogP contribution in [0.1, 0.15) is 13.3 Å². The molecule has 0 heterocycles. The minimum atomic E-state index is -3.59. The first-order chi connectivity index (χ1) is 11.0. The van der Waals surface area contributed by atoms with Crippen LogP contribution in [0.25, 0.3) is 10.8 Å². The molecule has 0 saturated heterocycles. The third-order valence-electron chi connectivity index (χ3n) is 3.57. The lowest BCUT2D eigenvalue weighted by Gasteiger charge is -2.14. The molecule has 0 radical (unpaired) electrons. The van der Waals surface area contributed by atoms with Crippen molar-refractivity contribution in [2.24, 2.45) is 5.92 Å². The van der Waals surface area contributed by atoms with Gasteiger partial charge >= 0.3 is 5.97 Å². The Kier molecular flexibility index (Phi) is 5.55. The molecular weight excluding hydrogens is 312 g/mol. The molecule has 0 aromatic heterocycles. The second-order valence-electron chi connectivity index (χ2n) is 5.26. The molecule has 2 rings (SSSR count). The van der Waals surface area contributed by atoms with Gasteiger partial charge in [-0.25, -0.2) is 8.42 Å². The van der Waals surface area contributed by atoms with Crippen LogP contribution >= 0.6 is 0 Å². The van der Waals surface area contributed by atoms with Gasteiger partial charge in [-0.15, -0.1) is 6.58 Å². The second-order valence-corrected chi connectivity index (χ2v) is 7.30. The van der Waals surface area contributed by atoms with Gasteiger partial charge in [0.25, 0.3) is 0 Å². The number of hydrogen-bond donors (Lipinski definition) is 0. The van der Waals surface area contributed by atoms with E-state index in [0.717, 1.165) is 10.8 Å². The van der Waals surface area contributed by atoms with Crippen LogP contribution in [-0.4, -0.2) is 26.7 Å². The van der Waals surface area contributed by atoms with Crippen molar-refractivity contribution in [2.45, 2.75) is 18.2 Å². The lowest BCUT2D eigenvalue weighted by Crippen LogP contribution is -2.25. The summed E-state index contributed by atoms with van der Waals surface area (Å²) < 4.78 is 30.2. The molecule has 5 heteroatoms. The number of carbonyl (C=O) groups excluding carboxylic acids is 1. The van der Waals surface area contributed by atoms with Gasteiger partial charge in [0.15, 0.2) is 9.84 Å². The zero-order chi connectivity index (χ0) is 16.9. The Morgan fingerprint density at radius 1 is 1.22 bits per heavy atom. The molecule has 122 valence electrons. The molecule has 0 aliphatic heterocycles. The SMILES string of the molecule is C=CC[C@@H](CS(=O)(=O)c1ccc2ccccc2c1)C(=O)OCC. The van der Waals surface area contributed by atoms with Gasteiger partial charge in [-0.1, -0.05) is 36.4 Å². The summed E-state index contributed by atoms with van der Waals surface area (Å²) in [5, 5.41) is 1.82.